The van der Waals surface area contributed by atoms with Crippen molar-refractivity contribution in [1.29, 1.82) is 0 Å². The van der Waals surface area contributed by atoms with Gasteiger partial charge in [0.05, 0.1) is 10.9 Å². The van der Waals surface area contributed by atoms with Gasteiger partial charge in [-0.05, 0) is 42.1 Å². The number of hydrogen-bond donors (Lipinski definition) is 1. The molecule has 28 heavy (non-hydrogen) atoms. The average molecular weight is 391 g/mol. The van der Waals surface area contributed by atoms with Gasteiger partial charge in [0, 0.05) is 18.3 Å². The van der Waals surface area contributed by atoms with Gasteiger partial charge in [-0.3, -0.25) is 0 Å². The topological polar surface area (TPSA) is 51.1 Å². The third-order valence-electron chi connectivity index (χ3n) is 4.95. The lowest BCUT2D eigenvalue weighted by Crippen LogP contribution is -2.31. The molecule has 0 fully saturated rings. The number of benzene rings is 3. The molecular formula is C23H22N2O2S. The molecular weight excluding hydrogens is 368 g/mol. The molecule has 4 nitrogen and oxygen atoms in total. The van der Waals surface area contributed by atoms with E-state index in [2.05, 4.69) is 27.5 Å². The Morgan fingerprint density at radius 2 is 1.54 bits per heavy atom. The van der Waals surface area contributed by atoms with Gasteiger partial charge in [0.1, 0.15) is 0 Å². The average Bonchev–Trinajstić information content (AvgIpc) is 3.13. The minimum atomic E-state index is -3.59. The second-order valence-electron chi connectivity index (χ2n) is 6.87. The highest BCUT2D eigenvalue weighted by atomic mass is 32.2. The minimum absolute atomic E-state index is 0.152. The molecule has 0 aliphatic rings. The lowest BCUT2D eigenvalue weighted by molar-refractivity contribution is 0.550. The molecule has 1 heterocycles. The number of fused-ring (bicyclic) bond motifs is 1. The number of sulfonamides is 1. The van der Waals surface area contributed by atoms with Gasteiger partial charge in [0.2, 0.25) is 10.0 Å². The van der Waals surface area contributed by atoms with Crippen LogP contribution in [0, 0.1) is 6.92 Å². The molecule has 0 bridgehead atoms. The zero-order valence-corrected chi connectivity index (χ0v) is 16.4. The van der Waals surface area contributed by atoms with Crippen LogP contribution in [0.15, 0.2) is 96.0 Å². The normalized spacial score (nSPS) is 12.9. The van der Waals surface area contributed by atoms with Crippen LogP contribution < -0.4 is 4.72 Å². The summed E-state index contributed by atoms with van der Waals surface area (Å²) in [6, 6.07) is 26.9. The summed E-state index contributed by atoms with van der Waals surface area (Å²) in [7, 11) is -3.59. The summed E-state index contributed by atoms with van der Waals surface area (Å²) in [5.74, 6) is 0. The smallest absolute Gasteiger partial charge is 0.240 e. The second kappa shape index (κ2) is 7.62. The molecule has 0 radical (unpaired) electrons. The van der Waals surface area contributed by atoms with Gasteiger partial charge in [-0.25, -0.2) is 13.1 Å². The first-order valence-electron chi connectivity index (χ1n) is 9.21. The van der Waals surface area contributed by atoms with Gasteiger partial charge in [0.15, 0.2) is 0 Å². The Bertz CT molecular complexity index is 1180. The van der Waals surface area contributed by atoms with Crippen molar-refractivity contribution in [3.8, 4) is 0 Å². The number of nitrogens with one attached hydrogen (secondary N) is 1. The van der Waals surface area contributed by atoms with Crippen LogP contribution in [0.2, 0.25) is 0 Å². The number of para-hydroxylation sites is 1. The van der Waals surface area contributed by atoms with E-state index in [1.54, 1.807) is 12.1 Å². The first kappa shape index (κ1) is 18.5. The van der Waals surface area contributed by atoms with Crippen LogP contribution in [0.1, 0.15) is 17.2 Å². The van der Waals surface area contributed by atoms with Crippen molar-refractivity contribution in [2.45, 2.75) is 17.9 Å². The molecule has 4 rings (SSSR count). The number of nitrogens with zero attached hydrogens (tertiary/aromatic N) is 1. The Kier molecular flexibility index (Phi) is 5.03. The van der Waals surface area contributed by atoms with E-state index in [4.69, 9.17) is 0 Å². The summed E-state index contributed by atoms with van der Waals surface area (Å²) >= 11 is 0. The summed E-state index contributed by atoms with van der Waals surface area (Å²) in [4.78, 5) is 0.280. The van der Waals surface area contributed by atoms with E-state index in [0.29, 0.717) is 0 Å². The van der Waals surface area contributed by atoms with E-state index in [1.807, 2.05) is 67.7 Å². The first-order chi connectivity index (χ1) is 13.5. The van der Waals surface area contributed by atoms with Crippen molar-refractivity contribution >= 4 is 20.9 Å². The maximum atomic E-state index is 12.8. The number of rotatable bonds is 6. The molecule has 0 aliphatic carbocycles. The standard InChI is InChI=1S/C23H22N2O2S/c1-18-11-13-21(14-12-18)28(26,27)24-17-23(19-7-3-2-4-8-19)25-16-15-20-9-5-6-10-22(20)25/h2-16,23-24H,17H2,1H3. The number of aromatic nitrogens is 1. The van der Waals surface area contributed by atoms with Gasteiger partial charge in [-0.15, -0.1) is 0 Å². The largest absolute Gasteiger partial charge is 0.339 e. The quantitative estimate of drug-likeness (QED) is 0.526. The first-order valence-corrected chi connectivity index (χ1v) is 10.7. The molecule has 1 atom stereocenters. The van der Waals surface area contributed by atoms with Gasteiger partial charge >= 0.3 is 0 Å². The van der Waals surface area contributed by atoms with Crippen LogP contribution in [0.25, 0.3) is 10.9 Å². The molecule has 0 saturated heterocycles. The zero-order chi connectivity index (χ0) is 19.6. The van der Waals surface area contributed by atoms with Gasteiger partial charge in [-0.1, -0.05) is 66.2 Å². The van der Waals surface area contributed by atoms with Crippen LogP contribution in [-0.2, 0) is 10.0 Å². The maximum Gasteiger partial charge on any atom is 0.240 e. The van der Waals surface area contributed by atoms with E-state index in [1.165, 1.54) is 0 Å². The van der Waals surface area contributed by atoms with Crippen LogP contribution in [0.3, 0.4) is 0 Å². The molecule has 4 aromatic rings. The molecule has 1 N–H and O–H groups in total. The van der Waals surface area contributed by atoms with Crippen LogP contribution >= 0.6 is 0 Å². The number of aryl methyl sites for hydroxylation is 1. The van der Waals surface area contributed by atoms with Crippen molar-refractivity contribution in [3.05, 3.63) is 102 Å². The minimum Gasteiger partial charge on any atom is -0.339 e. The molecule has 1 unspecified atom stereocenters. The second-order valence-corrected chi connectivity index (χ2v) is 8.64. The zero-order valence-electron chi connectivity index (χ0n) is 15.6. The SMILES string of the molecule is Cc1ccc(S(=O)(=O)NCC(c2ccccc2)n2ccc3ccccc32)cc1. The lowest BCUT2D eigenvalue weighted by Gasteiger charge is -2.21. The summed E-state index contributed by atoms with van der Waals surface area (Å²) in [6.45, 7) is 2.20. The Morgan fingerprint density at radius 1 is 0.857 bits per heavy atom. The summed E-state index contributed by atoms with van der Waals surface area (Å²) < 4.78 is 30.5. The Labute approximate surface area is 165 Å². The fraction of sp³-hybridized carbons (Fsp3) is 0.130. The van der Waals surface area contributed by atoms with Crippen LogP contribution in [-0.4, -0.2) is 19.5 Å². The monoisotopic (exact) mass is 390 g/mol. The Balaban J connectivity index is 1.68. The highest BCUT2D eigenvalue weighted by Crippen LogP contribution is 2.25. The lowest BCUT2D eigenvalue weighted by atomic mass is 10.1. The fourth-order valence-electron chi connectivity index (χ4n) is 3.42. The summed E-state index contributed by atoms with van der Waals surface area (Å²) in [5, 5.41) is 1.13. The van der Waals surface area contributed by atoms with Gasteiger partial charge in [0.25, 0.3) is 0 Å². The van der Waals surface area contributed by atoms with Crippen LogP contribution in [0.4, 0.5) is 0 Å². The summed E-state index contributed by atoms with van der Waals surface area (Å²) in [5.41, 5.74) is 3.15. The third kappa shape index (κ3) is 3.72. The van der Waals surface area contributed by atoms with Gasteiger partial charge < -0.3 is 4.57 Å². The highest BCUT2D eigenvalue weighted by Gasteiger charge is 2.20. The molecule has 0 spiro atoms. The van der Waals surface area contributed by atoms with Crippen molar-refractivity contribution < 1.29 is 8.42 Å². The molecule has 0 aliphatic heterocycles. The molecule has 1 aromatic heterocycles. The third-order valence-corrected chi connectivity index (χ3v) is 6.39. The maximum absolute atomic E-state index is 12.8. The molecule has 0 amide bonds. The van der Waals surface area contributed by atoms with Crippen molar-refractivity contribution in [1.82, 2.24) is 9.29 Å². The molecule has 142 valence electrons. The molecule has 0 saturated carbocycles. The highest BCUT2D eigenvalue weighted by molar-refractivity contribution is 7.89. The molecule has 3 aromatic carbocycles. The number of hydrogen-bond acceptors (Lipinski definition) is 2. The van der Waals surface area contributed by atoms with E-state index in [9.17, 15) is 8.42 Å². The van der Waals surface area contributed by atoms with E-state index in [-0.39, 0.29) is 17.5 Å². The Morgan fingerprint density at radius 3 is 2.29 bits per heavy atom. The van der Waals surface area contributed by atoms with Gasteiger partial charge in [-0.2, -0.15) is 0 Å². The fourth-order valence-corrected chi connectivity index (χ4v) is 4.46. The van der Waals surface area contributed by atoms with Crippen molar-refractivity contribution in [2.24, 2.45) is 0 Å². The predicted octanol–water partition coefficient (Wildman–Crippen LogP) is 4.52. The van der Waals surface area contributed by atoms with E-state index >= 15 is 0 Å². The van der Waals surface area contributed by atoms with E-state index in [0.717, 1.165) is 22.0 Å². The van der Waals surface area contributed by atoms with Crippen LogP contribution in [0.5, 0.6) is 0 Å². The summed E-state index contributed by atoms with van der Waals surface area (Å²) in [6.07, 6.45) is 2.02. The molecule has 5 heteroatoms. The predicted molar refractivity (Wildman–Crippen MR) is 113 cm³/mol. The van der Waals surface area contributed by atoms with Crippen molar-refractivity contribution in [2.75, 3.05) is 6.54 Å². The Hall–Kier alpha value is -2.89. The van der Waals surface area contributed by atoms with Crippen molar-refractivity contribution in [3.63, 3.8) is 0 Å². The van der Waals surface area contributed by atoms with E-state index < -0.39 is 10.0 Å².